The standard InChI is InChI=1S/C19H27F2N3O7/c20-19(21)16(28)13(31-17(19)24-9-8-14(22)23-18(24)29)11-30-15(27)7-5-3-1-2-4-6-12(26)10-25/h8-9,13,16-17,25,28H,1-7,10-11H2,(H2,22,23,29)/t13-,16-,17-/m1/s1. The van der Waals surface area contributed by atoms with Crippen molar-refractivity contribution in [3.63, 3.8) is 0 Å². The van der Waals surface area contributed by atoms with E-state index in [2.05, 4.69) is 4.98 Å². The van der Waals surface area contributed by atoms with Gasteiger partial charge in [-0.05, 0) is 18.9 Å². The van der Waals surface area contributed by atoms with Gasteiger partial charge in [0.2, 0.25) is 6.23 Å². The number of unbranched alkanes of at least 4 members (excludes halogenated alkanes) is 4. The molecule has 1 fully saturated rings. The number of esters is 1. The lowest BCUT2D eigenvalue weighted by Gasteiger charge is -2.20. The van der Waals surface area contributed by atoms with Gasteiger partial charge in [0, 0.05) is 19.0 Å². The van der Waals surface area contributed by atoms with Gasteiger partial charge in [0.15, 0.2) is 11.9 Å². The summed E-state index contributed by atoms with van der Waals surface area (Å²) in [7, 11) is 0. The molecule has 2 heterocycles. The van der Waals surface area contributed by atoms with Crippen molar-refractivity contribution in [3.05, 3.63) is 22.7 Å². The van der Waals surface area contributed by atoms with Gasteiger partial charge < -0.3 is 25.4 Å². The molecule has 0 spiro atoms. The Bertz CT molecular complexity index is 818. The molecule has 174 valence electrons. The molecular weight excluding hydrogens is 420 g/mol. The monoisotopic (exact) mass is 447 g/mol. The zero-order valence-corrected chi connectivity index (χ0v) is 16.9. The summed E-state index contributed by atoms with van der Waals surface area (Å²) < 4.78 is 39.4. The van der Waals surface area contributed by atoms with E-state index in [0.717, 1.165) is 31.5 Å². The third-order valence-electron chi connectivity index (χ3n) is 4.91. The Kier molecular flexibility index (Phi) is 9.01. The zero-order valence-electron chi connectivity index (χ0n) is 16.9. The van der Waals surface area contributed by atoms with Crippen LogP contribution in [0.15, 0.2) is 17.1 Å². The number of carbonyl (C=O) groups excluding carboxylic acids is 2. The van der Waals surface area contributed by atoms with Crippen LogP contribution in [0, 0.1) is 0 Å². The van der Waals surface area contributed by atoms with Crippen LogP contribution >= 0.6 is 0 Å². The van der Waals surface area contributed by atoms with Gasteiger partial charge in [-0.3, -0.25) is 14.2 Å². The van der Waals surface area contributed by atoms with E-state index in [1.54, 1.807) is 0 Å². The molecule has 0 radical (unpaired) electrons. The summed E-state index contributed by atoms with van der Waals surface area (Å²) in [5, 5.41) is 18.5. The van der Waals surface area contributed by atoms with E-state index < -0.39 is 49.2 Å². The number of rotatable bonds is 12. The Hall–Kier alpha value is -2.44. The third kappa shape index (κ3) is 6.77. The van der Waals surface area contributed by atoms with Crippen molar-refractivity contribution >= 4 is 17.6 Å². The molecule has 0 saturated carbocycles. The van der Waals surface area contributed by atoms with Gasteiger partial charge in [-0.25, -0.2) is 4.79 Å². The summed E-state index contributed by atoms with van der Waals surface area (Å²) in [6, 6.07) is 1.14. The molecule has 1 aliphatic heterocycles. The Morgan fingerprint density at radius 1 is 1.23 bits per heavy atom. The summed E-state index contributed by atoms with van der Waals surface area (Å²) in [6.45, 7) is -1.04. The first-order valence-electron chi connectivity index (χ1n) is 10.0. The lowest BCUT2D eigenvalue weighted by molar-refractivity contribution is -0.150. The normalized spacial score (nSPS) is 22.4. The fourth-order valence-corrected chi connectivity index (χ4v) is 3.16. The highest BCUT2D eigenvalue weighted by molar-refractivity contribution is 5.79. The molecule has 0 unspecified atom stereocenters. The van der Waals surface area contributed by atoms with Gasteiger partial charge in [0.05, 0.1) is 0 Å². The summed E-state index contributed by atoms with van der Waals surface area (Å²) in [6.07, 6.45) is -1.02. The first-order chi connectivity index (χ1) is 14.7. The summed E-state index contributed by atoms with van der Waals surface area (Å²) in [5.41, 5.74) is 4.28. The van der Waals surface area contributed by atoms with Crippen molar-refractivity contribution in [3.8, 4) is 0 Å². The number of halogens is 2. The van der Waals surface area contributed by atoms with Crippen LogP contribution in [-0.4, -0.2) is 62.9 Å². The second-order valence-electron chi connectivity index (χ2n) is 7.34. The maximum absolute atomic E-state index is 14.4. The number of nitrogen functional groups attached to an aromatic ring is 1. The molecule has 1 saturated heterocycles. The molecule has 10 nitrogen and oxygen atoms in total. The molecule has 0 aromatic carbocycles. The number of alkyl halides is 2. The average molecular weight is 447 g/mol. The second kappa shape index (κ2) is 11.3. The molecule has 0 aliphatic carbocycles. The van der Waals surface area contributed by atoms with E-state index in [-0.39, 0.29) is 18.0 Å². The van der Waals surface area contributed by atoms with Crippen LogP contribution in [0.1, 0.15) is 51.2 Å². The molecule has 31 heavy (non-hydrogen) atoms. The van der Waals surface area contributed by atoms with Crippen molar-refractivity contribution in [1.29, 1.82) is 0 Å². The number of hydrogen-bond acceptors (Lipinski definition) is 9. The van der Waals surface area contributed by atoms with Crippen LogP contribution < -0.4 is 11.4 Å². The number of aliphatic hydroxyl groups is 2. The largest absolute Gasteiger partial charge is 0.463 e. The number of nitrogens with zero attached hydrogens (tertiary/aromatic N) is 2. The molecule has 0 bridgehead atoms. The fraction of sp³-hybridized carbons (Fsp3) is 0.684. The Morgan fingerprint density at radius 2 is 1.87 bits per heavy atom. The van der Waals surface area contributed by atoms with Crippen molar-refractivity contribution < 1.29 is 38.1 Å². The molecular formula is C19H27F2N3O7. The number of aliphatic hydroxyl groups excluding tert-OH is 2. The number of hydrogen-bond donors (Lipinski definition) is 3. The number of ether oxygens (including phenoxy) is 2. The SMILES string of the molecule is Nc1ccn([C@@H]2O[C@H](COC(=O)CCCCCCCC(=O)CO)[C@@H](O)C2(F)F)c(=O)n1. The zero-order chi connectivity index (χ0) is 23.0. The lowest BCUT2D eigenvalue weighted by Crippen LogP contribution is -2.42. The van der Waals surface area contributed by atoms with E-state index in [4.69, 9.17) is 20.3 Å². The molecule has 12 heteroatoms. The van der Waals surface area contributed by atoms with E-state index in [1.807, 2.05) is 0 Å². The quantitative estimate of drug-likeness (QED) is 0.308. The molecule has 0 amide bonds. The Balaban J connectivity index is 1.75. The minimum absolute atomic E-state index is 0.0690. The number of ketones is 1. The molecule has 2 rings (SSSR count). The van der Waals surface area contributed by atoms with E-state index in [1.165, 1.54) is 0 Å². The second-order valence-corrected chi connectivity index (χ2v) is 7.34. The minimum atomic E-state index is -3.81. The van der Waals surface area contributed by atoms with E-state index in [0.29, 0.717) is 23.8 Å². The number of aromatic nitrogens is 2. The topological polar surface area (TPSA) is 154 Å². The Morgan fingerprint density at radius 3 is 2.52 bits per heavy atom. The Labute approximate surface area is 177 Å². The van der Waals surface area contributed by atoms with Crippen LogP contribution in [0.3, 0.4) is 0 Å². The number of carbonyl (C=O) groups is 2. The van der Waals surface area contributed by atoms with Gasteiger partial charge in [-0.2, -0.15) is 13.8 Å². The highest BCUT2D eigenvalue weighted by atomic mass is 19.3. The first kappa shape index (κ1) is 24.8. The highest BCUT2D eigenvalue weighted by Crippen LogP contribution is 2.42. The first-order valence-corrected chi connectivity index (χ1v) is 10.0. The summed E-state index contributed by atoms with van der Waals surface area (Å²) in [5.74, 6) is -4.78. The van der Waals surface area contributed by atoms with Crippen LogP contribution in [0.2, 0.25) is 0 Å². The molecule has 1 aromatic rings. The number of Topliss-reactive ketones (excluding diaryl/α,β-unsaturated/α-hetero) is 1. The van der Waals surface area contributed by atoms with Crippen molar-refractivity contribution in [1.82, 2.24) is 9.55 Å². The fourth-order valence-electron chi connectivity index (χ4n) is 3.16. The van der Waals surface area contributed by atoms with Crippen LogP contribution in [-0.2, 0) is 19.1 Å². The molecule has 1 aliphatic rings. The smallest absolute Gasteiger partial charge is 0.351 e. The highest BCUT2D eigenvalue weighted by Gasteiger charge is 2.60. The maximum Gasteiger partial charge on any atom is 0.351 e. The molecule has 3 atom stereocenters. The molecule has 1 aromatic heterocycles. The van der Waals surface area contributed by atoms with Crippen molar-refractivity contribution in [2.45, 2.75) is 69.3 Å². The van der Waals surface area contributed by atoms with Crippen LogP contribution in [0.5, 0.6) is 0 Å². The predicted octanol–water partition coefficient (Wildman–Crippen LogP) is 0.554. The van der Waals surface area contributed by atoms with E-state index >= 15 is 0 Å². The summed E-state index contributed by atoms with van der Waals surface area (Å²) >= 11 is 0. The van der Waals surface area contributed by atoms with Gasteiger partial charge in [0.25, 0.3) is 0 Å². The average Bonchev–Trinajstić information content (AvgIpc) is 2.94. The van der Waals surface area contributed by atoms with Crippen LogP contribution in [0.4, 0.5) is 14.6 Å². The lowest BCUT2D eigenvalue weighted by atomic mass is 10.1. The van der Waals surface area contributed by atoms with Crippen LogP contribution in [0.25, 0.3) is 0 Å². The maximum atomic E-state index is 14.4. The number of nitrogens with two attached hydrogens (primary N) is 1. The molecule has 4 N–H and O–H groups in total. The summed E-state index contributed by atoms with van der Waals surface area (Å²) in [4.78, 5) is 38.0. The number of anilines is 1. The van der Waals surface area contributed by atoms with Gasteiger partial charge in [0.1, 0.15) is 25.1 Å². The minimum Gasteiger partial charge on any atom is -0.463 e. The van der Waals surface area contributed by atoms with Gasteiger partial charge >= 0.3 is 17.6 Å². The van der Waals surface area contributed by atoms with E-state index in [9.17, 15) is 28.3 Å². The van der Waals surface area contributed by atoms with Crippen molar-refractivity contribution in [2.75, 3.05) is 18.9 Å². The third-order valence-corrected chi connectivity index (χ3v) is 4.91. The van der Waals surface area contributed by atoms with Gasteiger partial charge in [-0.15, -0.1) is 0 Å². The van der Waals surface area contributed by atoms with Crippen molar-refractivity contribution in [2.24, 2.45) is 0 Å². The van der Waals surface area contributed by atoms with Gasteiger partial charge in [-0.1, -0.05) is 19.3 Å². The predicted molar refractivity (Wildman–Crippen MR) is 103 cm³/mol.